The summed E-state index contributed by atoms with van der Waals surface area (Å²) in [5, 5.41) is 8.85. The van der Waals surface area contributed by atoms with E-state index in [0.717, 1.165) is 31.7 Å². The number of hydrogen-bond acceptors (Lipinski definition) is 4. The van der Waals surface area contributed by atoms with Crippen LogP contribution in [0.25, 0.3) is 0 Å². The SMILES string of the molecule is O=C(NO)c1cc(F)c2c(c1)CN(CC1COC1)[C@@H](Cc1ccccc1)C2. The molecule has 27 heavy (non-hydrogen) atoms. The van der Waals surface area contributed by atoms with Gasteiger partial charge >= 0.3 is 0 Å². The van der Waals surface area contributed by atoms with E-state index in [4.69, 9.17) is 9.94 Å². The lowest BCUT2D eigenvalue weighted by atomic mass is 9.88. The summed E-state index contributed by atoms with van der Waals surface area (Å²) in [5.74, 6) is -0.573. The Bertz CT molecular complexity index is 824. The molecule has 0 aliphatic carbocycles. The summed E-state index contributed by atoms with van der Waals surface area (Å²) in [4.78, 5) is 14.1. The third-order valence-electron chi connectivity index (χ3n) is 5.50. The maximum atomic E-state index is 14.7. The van der Waals surface area contributed by atoms with Crippen LogP contribution in [-0.4, -0.2) is 41.8 Å². The highest BCUT2D eigenvalue weighted by Crippen LogP contribution is 2.30. The lowest BCUT2D eigenvalue weighted by Gasteiger charge is -2.41. The quantitative estimate of drug-likeness (QED) is 0.627. The van der Waals surface area contributed by atoms with E-state index >= 15 is 0 Å². The molecule has 2 aliphatic rings. The number of amides is 1. The van der Waals surface area contributed by atoms with E-state index in [0.29, 0.717) is 24.4 Å². The number of hydroxylamine groups is 1. The summed E-state index contributed by atoms with van der Waals surface area (Å²) in [6.07, 6.45) is 1.46. The first kappa shape index (κ1) is 18.1. The van der Waals surface area contributed by atoms with Crippen LogP contribution in [0.5, 0.6) is 0 Å². The number of halogens is 1. The smallest absolute Gasteiger partial charge is 0.274 e. The number of nitrogens with one attached hydrogen (secondary N) is 1. The van der Waals surface area contributed by atoms with Gasteiger partial charge in [-0.1, -0.05) is 30.3 Å². The molecular formula is C21H23FN2O3. The molecule has 0 saturated carbocycles. The van der Waals surface area contributed by atoms with Crippen LogP contribution in [0.2, 0.25) is 0 Å². The molecule has 2 N–H and O–H groups in total. The fourth-order valence-corrected chi connectivity index (χ4v) is 3.99. The summed E-state index contributed by atoms with van der Waals surface area (Å²) in [7, 11) is 0. The molecule has 0 unspecified atom stereocenters. The summed E-state index contributed by atoms with van der Waals surface area (Å²) in [6.45, 7) is 3.02. The van der Waals surface area contributed by atoms with E-state index in [-0.39, 0.29) is 17.4 Å². The van der Waals surface area contributed by atoms with Crippen LogP contribution in [0, 0.1) is 11.7 Å². The Morgan fingerprint density at radius 2 is 2.04 bits per heavy atom. The predicted octanol–water partition coefficient (Wildman–Crippen LogP) is 2.56. The molecule has 2 heterocycles. The van der Waals surface area contributed by atoms with Crippen molar-refractivity contribution in [1.29, 1.82) is 0 Å². The van der Waals surface area contributed by atoms with Gasteiger partial charge in [-0.2, -0.15) is 0 Å². The number of carbonyl (C=O) groups is 1. The van der Waals surface area contributed by atoms with E-state index in [1.165, 1.54) is 11.6 Å². The first-order chi connectivity index (χ1) is 13.1. The minimum absolute atomic E-state index is 0.141. The Labute approximate surface area is 157 Å². The van der Waals surface area contributed by atoms with Crippen molar-refractivity contribution in [3.05, 3.63) is 70.5 Å². The van der Waals surface area contributed by atoms with Crippen LogP contribution in [0.3, 0.4) is 0 Å². The second-order valence-corrected chi connectivity index (χ2v) is 7.42. The van der Waals surface area contributed by atoms with E-state index in [1.54, 1.807) is 11.5 Å². The molecule has 1 atom stereocenters. The van der Waals surface area contributed by atoms with E-state index in [9.17, 15) is 9.18 Å². The van der Waals surface area contributed by atoms with Crippen LogP contribution in [0.15, 0.2) is 42.5 Å². The first-order valence-corrected chi connectivity index (χ1v) is 9.25. The Morgan fingerprint density at radius 3 is 2.70 bits per heavy atom. The van der Waals surface area contributed by atoms with E-state index in [2.05, 4.69) is 17.0 Å². The molecular weight excluding hydrogens is 347 g/mol. The van der Waals surface area contributed by atoms with Gasteiger partial charge in [0.05, 0.1) is 13.2 Å². The molecule has 2 aromatic rings. The van der Waals surface area contributed by atoms with Crippen LogP contribution in [0.4, 0.5) is 4.39 Å². The maximum absolute atomic E-state index is 14.7. The molecule has 1 amide bonds. The van der Waals surface area contributed by atoms with Crippen molar-refractivity contribution in [3.63, 3.8) is 0 Å². The van der Waals surface area contributed by atoms with Gasteiger partial charge in [0.1, 0.15) is 5.82 Å². The highest BCUT2D eigenvalue weighted by atomic mass is 19.1. The zero-order chi connectivity index (χ0) is 18.8. The lowest BCUT2D eigenvalue weighted by Crippen LogP contribution is -2.48. The number of nitrogens with zero attached hydrogens (tertiary/aromatic N) is 1. The van der Waals surface area contributed by atoms with Crippen molar-refractivity contribution in [2.75, 3.05) is 19.8 Å². The fourth-order valence-electron chi connectivity index (χ4n) is 3.99. The van der Waals surface area contributed by atoms with Gasteiger partial charge in [0.15, 0.2) is 0 Å². The predicted molar refractivity (Wildman–Crippen MR) is 98.0 cm³/mol. The molecule has 6 heteroatoms. The zero-order valence-corrected chi connectivity index (χ0v) is 15.0. The fraction of sp³-hybridized carbons (Fsp3) is 0.381. The molecule has 0 bridgehead atoms. The summed E-state index contributed by atoms with van der Waals surface area (Å²) in [6, 6.07) is 13.3. The number of hydrogen-bond donors (Lipinski definition) is 2. The van der Waals surface area contributed by atoms with Gasteiger partial charge in [-0.25, -0.2) is 9.87 Å². The Balaban J connectivity index is 1.62. The van der Waals surface area contributed by atoms with Crippen molar-refractivity contribution in [2.24, 2.45) is 5.92 Å². The van der Waals surface area contributed by atoms with Crippen molar-refractivity contribution >= 4 is 5.91 Å². The number of ether oxygens (including phenoxy) is 1. The Kier molecular flexibility index (Phi) is 5.20. The second-order valence-electron chi connectivity index (χ2n) is 7.42. The van der Waals surface area contributed by atoms with Gasteiger partial charge in [-0.05, 0) is 41.7 Å². The van der Waals surface area contributed by atoms with E-state index < -0.39 is 5.91 Å². The van der Waals surface area contributed by atoms with Gasteiger partial charge in [-0.15, -0.1) is 0 Å². The Hall–Kier alpha value is -2.28. The topological polar surface area (TPSA) is 61.8 Å². The number of benzene rings is 2. The van der Waals surface area contributed by atoms with Crippen molar-refractivity contribution < 1.29 is 19.1 Å². The van der Waals surface area contributed by atoms with Gasteiger partial charge in [-0.3, -0.25) is 14.9 Å². The molecule has 5 nitrogen and oxygen atoms in total. The molecule has 1 fully saturated rings. The summed E-state index contributed by atoms with van der Waals surface area (Å²) < 4.78 is 20.0. The summed E-state index contributed by atoms with van der Waals surface area (Å²) in [5.41, 5.74) is 4.45. The Morgan fingerprint density at radius 1 is 1.26 bits per heavy atom. The van der Waals surface area contributed by atoms with Crippen LogP contribution in [0.1, 0.15) is 27.0 Å². The van der Waals surface area contributed by atoms with Crippen LogP contribution >= 0.6 is 0 Å². The third kappa shape index (κ3) is 3.88. The minimum atomic E-state index is -0.693. The molecule has 0 spiro atoms. The highest BCUT2D eigenvalue weighted by molar-refractivity contribution is 5.93. The molecule has 142 valence electrons. The molecule has 0 aromatic heterocycles. The van der Waals surface area contributed by atoms with Crippen molar-refractivity contribution in [2.45, 2.75) is 25.4 Å². The van der Waals surface area contributed by atoms with Gasteiger partial charge < -0.3 is 4.74 Å². The number of rotatable bonds is 5. The average Bonchev–Trinajstić information content (AvgIpc) is 2.65. The second kappa shape index (κ2) is 7.76. The largest absolute Gasteiger partial charge is 0.381 e. The average molecular weight is 370 g/mol. The van der Waals surface area contributed by atoms with Crippen molar-refractivity contribution in [3.8, 4) is 0 Å². The minimum Gasteiger partial charge on any atom is -0.381 e. The third-order valence-corrected chi connectivity index (χ3v) is 5.50. The molecule has 4 rings (SSSR count). The lowest BCUT2D eigenvalue weighted by molar-refractivity contribution is -0.0541. The van der Waals surface area contributed by atoms with Crippen LogP contribution < -0.4 is 5.48 Å². The van der Waals surface area contributed by atoms with Gasteiger partial charge in [0, 0.05) is 30.6 Å². The maximum Gasteiger partial charge on any atom is 0.274 e. The molecule has 1 saturated heterocycles. The molecule has 2 aliphatic heterocycles. The number of fused-ring (bicyclic) bond motifs is 1. The standard InChI is InChI=1S/C21H23FN2O3/c22-20-8-16(21(25)23-26)7-17-11-24(10-15-12-27-13-15)18(9-19(17)20)6-14-4-2-1-3-5-14/h1-5,7-8,15,18,26H,6,9-13H2,(H,23,25)/t18-/m0/s1. The summed E-state index contributed by atoms with van der Waals surface area (Å²) >= 11 is 0. The normalized spacial score (nSPS) is 20.0. The highest BCUT2D eigenvalue weighted by Gasteiger charge is 2.32. The van der Waals surface area contributed by atoms with E-state index in [1.807, 2.05) is 18.2 Å². The van der Waals surface area contributed by atoms with Gasteiger partial charge in [0.2, 0.25) is 0 Å². The molecule has 0 radical (unpaired) electrons. The number of carbonyl (C=O) groups excluding carboxylic acids is 1. The van der Waals surface area contributed by atoms with Crippen LogP contribution in [-0.2, 0) is 24.1 Å². The van der Waals surface area contributed by atoms with Gasteiger partial charge in [0.25, 0.3) is 5.91 Å². The first-order valence-electron chi connectivity index (χ1n) is 9.25. The molecule has 2 aromatic carbocycles. The monoisotopic (exact) mass is 370 g/mol. The zero-order valence-electron chi connectivity index (χ0n) is 15.0. The van der Waals surface area contributed by atoms with Crippen molar-refractivity contribution in [1.82, 2.24) is 10.4 Å².